The van der Waals surface area contributed by atoms with Crippen LogP contribution in [0.1, 0.15) is 29.5 Å². The molecule has 1 fully saturated rings. The molecule has 4 unspecified atom stereocenters. The van der Waals surface area contributed by atoms with Gasteiger partial charge in [0.2, 0.25) is 0 Å². The van der Waals surface area contributed by atoms with Crippen LogP contribution in [0.15, 0.2) is 127 Å². The second kappa shape index (κ2) is 11.1. The van der Waals surface area contributed by atoms with Gasteiger partial charge in [0.25, 0.3) is 0 Å². The molecule has 5 aliphatic heterocycles. The van der Waals surface area contributed by atoms with E-state index in [-0.39, 0.29) is 24.4 Å². The van der Waals surface area contributed by atoms with Crippen LogP contribution in [0.25, 0.3) is 21.9 Å². The number of fused-ring (bicyclic) bond motifs is 8. The van der Waals surface area contributed by atoms with E-state index in [4.69, 9.17) is 4.42 Å². The number of aryl methyl sites for hydroxylation is 3. The summed E-state index contributed by atoms with van der Waals surface area (Å²) in [6.45, 7) is 4.26. The fraction of sp³-hybridized carbons (Fsp3) is 0.286. The standard InChI is InChI=1S/C42H42N6O/c1-29-16-19-33-32-12-5-8-15-37(32)49-40(33)39(29)48-25-22-43(2)41(48)34-28-38-44-20-9-21-45-24-27-47(42(34)45)36-14-7-4-11-31(36)18-17-30-10-3-6-13-35(30)46(38)26-23-44/h3-8,10-16,19,22-27,34,38,41-42H,9,17-18,20-21,28H2,1-2H3. The Hall–Kier alpha value is -5.30. The van der Waals surface area contributed by atoms with Crippen LogP contribution in [-0.4, -0.2) is 53.3 Å². The quantitative estimate of drug-likeness (QED) is 0.191. The summed E-state index contributed by atoms with van der Waals surface area (Å²) in [7, 11) is 2.26. The number of hydrogen-bond donors (Lipinski definition) is 0. The molecule has 1 saturated heterocycles. The number of anilines is 3. The molecule has 4 atom stereocenters. The molecule has 7 heteroatoms. The smallest absolute Gasteiger partial charge is 0.159 e. The molecule has 0 saturated carbocycles. The Labute approximate surface area is 288 Å². The van der Waals surface area contributed by atoms with E-state index in [0.29, 0.717) is 0 Å². The Morgan fingerprint density at radius 1 is 0.612 bits per heavy atom. The third-order valence-corrected chi connectivity index (χ3v) is 11.6. The molecule has 4 aromatic carbocycles. The molecule has 0 amide bonds. The lowest BCUT2D eigenvalue weighted by Gasteiger charge is -2.47. The summed E-state index contributed by atoms with van der Waals surface area (Å²) in [5.74, 6) is 0.210. The van der Waals surface area contributed by atoms with Crippen LogP contribution in [0.3, 0.4) is 0 Å². The van der Waals surface area contributed by atoms with Crippen molar-refractivity contribution in [2.45, 2.75) is 51.1 Å². The van der Waals surface area contributed by atoms with E-state index in [1.54, 1.807) is 0 Å². The van der Waals surface area contributed by atoms with Crippen LogP contribution in [0.2, 0.25) is 0 Å². The minimum Gasteiger partial charge on any atom is -0.454 e. The molecule has 49 heavy (non-hydrogen) atoms. The van der Waals surface area contributed by atoms with Crippen LogP contribution >= 0.6 is 0 Å². The summed E-state index contributed by atoms with van der Waals surface area (Å²) in [4.78, 5) is 15.4. The fourth-order valence-electron chi connectivity index (χ4n) is 9.36. The van der Waals surface area contributed by atoms with Gasteiger partial charge < -0.3 is 33.8 Å². The Kier molecular flexibility index (Phi) is 6.51. The number of nitrogens with zero attached hydrogens (tertiary/aromatic N) is 6. The average Bonchev–Trinajstić information content (AvgIpc) is 3.90. The van der Waals surface area contributed by atoms with Gasteiger partial charge in [-0.2, -0.15) is 0 Å². The molecular formula is C42H42N6O. The monoisotopic (exact) mass is 646 g/mol. The van der Waals surface area contributed by atoms with E-state index < -0.39 is 0 Å². The summed E-state index contributed by atoms with van der Waals surface area (Å²) in [6.07, 6.45) is 18.5. The lowest BCUT2D eigenvalue weighted by molar-refractivity contribution is 0.126. The average molecular weight is 647 g/mol. The Balaban J connectivity index is 1.18. The van der Waals surface area contributed by atoms with E-state index in [1.165, 1.54) is 38.8 Å². The van der Waals surface area contributed by atoms with Crippen molar-refractivity contribution in [1.29, 1.82) is 0 Å². The highest BCUT2D eigenvalue weighted by molar-refractivity contribution is 6.09. The van der Waals surface area contributed by atoms with Crippen molar-refractivity contribution in [2.24, 2.45) is 5.92 Å². The maximum Gasteiger partial charge on any atom is 0.159 e. The summed E-state index contributed by atoms with van der Waals surface area (Å²) in [5.41, 5.74) is 9.74. The molecule has 0 aliphatic carbocycles. The molecule has 6 heterocycles. The Bertz CT molecular complexity index is 2170. The van der Waals surface area contributed by atoms with Gasteiger partial charge in [-0.05, 0) is 67.5 Å². The molecule has 0 radical (unpaired) electrons. The number of rotatable bonds is 2. The van der Waals surface area contributed by atoms with Crippen LogP contribution in [-0.2, 0) is 12.8 Å². The number of hydrogen-bond acceptors (Lipinski definition) is 7. The lowest BCUT2D eigenvalue weighted by Crippen LogP contribution is -2.57. The van der Waals surface area contributed by atoms with Crippen LogP contribution < -0.4 is 14.7 Å². The maximum atomic E-state index is 6.72. The van der Waals surface area contributed by atoms with Crippen LogP contribution in [0.5, 0.6) is 0 Å². The minimum atomic E-state index is 0.0557. The lowest BCUT2D eigenvalue weighted by atomic mass is 9.90. The van der Waals surface area contributed by atoms with Crippen molar-refractivity contribution in [3.8, 4) is 0 Å². The van der Waals surface area contributed by atoms with Crippen molar-refractivity contribution >= 4 is 39.0 Å². The second-order valence-corrected chi connectivity index (χ2v) is 14.3. The fourth-order valence-corrected chi connectivity index (χ4v) is 9.36. The van der Waals surface area contributed by atoms with Gasteiger partial charge in [-0.3, -0.25) is 0 Å². The van der Waals surface area contributed by atoms with Gasteiger partial charge in [0.1, 0.15) is 24.1 Å². The Morgan fingerprint density at radius 3 is 2.12 bits per heavy atom. The SMILES string of the molecule is Cc1ccc2c(oc3ccccc32)c1N1C=CN(C)C1C1CC2N3C=CN2c2ccccc2CCc2ccccc2N2C=CN(CCC3)C12. The molecule has 5 aromatic rings. The third-order valence-electron chi connectivity index (χ3n) is 11.6. The first kappa shape index (κ1) is 28.7. The molecule has 1 aromatic heterocycles. The van der Waals surface area contributed by atoms with Crippen molar-refractivity contribution in [3.05, 3.63) is 139 Å². The zero-order valence-corrected chi connectivity index (χ0v) is 28.2. The van der Waals surface area contributed by atoms with Crippen LogP contribution in [0, 0.1) is 12.8 Å². The van der Waals surface area contributed by atoms with Crippen molar-refractivity contribution in [2.75, 3.05) is 34.8 Å². The van der Waals surface area contributed by atoms with Gasteiger partial charge in [-0.25, -0.2) is 0 Å². The van der Waals surface area contributed by atoms with Crippen molar-refractivity contribution in [1.82, 2.24) is 14.7 Å². The largest absolute Gasteiger partial charge is 0.454 e. The maximum absolute atomic E-state index is 6.72. The van der Waals surface area contributed by atoms with E-state index in [0.717, 1.165) is 55.6 Å². The van der Waals surface area contributed by atoms with Gasteiger partial charge >= 0.3 is 0 Å². The second-order valence-electron chi connectivity index (χ2n) is 14.3. The molecule has 2 bridgehead atoms. The van der Waals surface area contributed by atoms with E-state index in [1.807, 2.05) is 0 Å². The van der Waals surface area contributed by atoms with E-state index in [2.05, 4.69) is 165 Å². The highest BCUT2D eigenvalue weighted by Crippen LogP contribution is 2.46. The number of para-hydroxylation sites is 3. The first-order valence-electron chi connectivity index (χ1n) is 17.8. The molecule has 5 aliphatic rings. The highest BCUT2D eigenvalue weighted by Gasteiger charge is 2.48. The topological polar surface area (TPSA) is 32.6 Å². The first-order chi connectivity index (χ1) is 24.1. The summed E-state index contributed by atoms with van der Waals surface area (Å²) >= 11 is 0. The molecule has 7 nitrogen and oxygen atoms in total. The zero-order chi connectivity index (χ0) is 32.6. The molecular weight excluding hydrogens is 605 g/mol. The molecule has 0 N–H and O–H groups in total. The Morgan fingerprint density at radius 2 is 1.29 bits per heavy atom. The van der Waals surface area contributed by atoms with E-state index >= 15 is 0 Å². The minimum absolute atomic E-state index is 0.0557. The van der Waals surface area contributed by atoms with Crippen molar-refractivity contribution < 1.29 is 4.42 Å². The summed E-state index contributed by atoms with van der Waals surface area (Å²) in [5, 5.41) is 2.34. The van der Waals surface area contributed by atoms with Gasteiger partial charge in [-0.1, -0.05) is 66.7 Å². The molecule has 0 spiro atoms. The van der Waals surface area contributed by atoms with Gasteiger partial charge in [0, 0.05) is 85.4 Å². The molecule has 10 rings (SSSR count). The van der Waals surface area contributed by atoms with Crippen molar-refractivity contribution in [3.63, 3.8) is 0 Å². The summed E-state index contributed by atoms with van der Waals surface area (Å²) in [6, 6.07) is 31.1. The third kappa shape index (κ3) is 4.41. The molecule has 246 valence electrons. The van der Waals surface area contributed by atoms with Crippen LogP contribution in [0.4, 0.5) is 17.1 Å². The first-order valence-corrected chi connectivity index (χ1v) is 17.8. The van der Waals surface area contributed by atoms with Gasteiger partial charge in [0.05, 0.1) is 5.69 Å². The summed E-state index contributed by atoms with van der Waals surface area (Å²) < 4.78 is 6.72. The van der Waals surface area contributed by atoms with E-state index in [9.17, 15) is 0 Å². The normalized spacial score (nSPS) is 24.4. The van der Waals surface area contributed by atoms with Gasteiger partial charge in [-0.15, -0.1) is 0 Å². The number of furan rings is 1. The van der Waals surface area contributed by atoms with Gasteiger partial charge in [0.15, 0.2) is 5.58 Å². The number of benzene rings is 4. The highest BCUT2D eigenvalue weighted by atomic mass is 16.3. The zero-order valence-electron chi connectivity index (χ0n) is 28.2. The predicted octanol–water partition coefficient (Wildman–Crippen LogP) is 8.19. The predicted molar refractivity (Wildman–Crippen MR) is 199 cm³/mol.